The zero-order chi connectivity index (χ0) is 52.1. The minimum atomic E-state index is -3.64. The maximum Gasteiger partial charge on any atom is 0.410 e. The second-order valence-electron chi connectivity index (χ2n) is 19.3. The van der Waals surface area contributed by atoms with Gasteiger partial charge >= 0.3 is 6.09 Å². The van der Waals surface area contributed by atoms with Crippen LogP contribution in [0.1, 0.15) is 72.5 Å². The lowest BCUT2D eigenvalue weighted by molar-refractivity contribution is 0.0124. The molecular formula is C51H52F4N12O5S. The SMILES string of the molecule is Cc1nc(C)c2nc(-c3cncc(F)c3)n(Cc3ccc(CN4C[C@@H]5C[C@H]4CN5C(=O)OC(C)(C)C)cc3F)c2n1.Cc1nc(C)c2nc(-c3cncc(F)c3)n(Cc3ccc(COS(C)(=O)=O)cc3F)c2n1. The molecule has 2 aromatic carbocycles. The molecule has 22 heteroatoms. The molecular weight excluding hydrogens is 969 g/mol. The summed E-state index contributed by atoms with van der Waals surface area (Å²) in [6.45, 7) is 14.7. The summed E-state index contributed by atoms with van der Waals surface area (Å²) in [5.74, 6) is 0.0129. The molecule has 1 amide bonds. The maximum absolute atomic E-state index is 15.6. The van der Waals surface area contributed by atoms with Crippen molar-refractivity contribution in [1.29, 1.82) is 0 Å². The zero-order valence-corrected chi connectivity index (χ0v) is 42.2. The first-order chi connectivity index (χ1) is 34.5. The van der Waals surface area contributed by atoms with E-state index < -0.39 is 33.2 Å². The predicted octanol–water partition coefficient (Wildman–Crippen LogP) is 8.33. The number of pyridine rings is 2. The lowest BCUT2D eigenvalue weighted by atomic mass is 10.1. The first-order valence-corrected chi connectivity index (χ1v) is 25.1. The summed E-state index contributed by atoms with van der Waals surface area (Å²) in [6, 6.07) is 12.6. The van der Waals surface area contributed by atoms with Gasteiger partial charge in [0.15, 0.2) is 11.3 Å². The number of hydrogen-bond donors (Lipinski definition) is 0. The number of ether oxygens (including phenoxy) is 1. The van der Waals surface area contributed by atoms with E-state index in [2.05, 4.69) is 39.8 Å². The van der Waals surface area contributed by atoms with Gasteiger partial charge < -0.3 is 18.8 Å². The fourth-order valence-electron chi connectivity index (χ4n) is 9.22. The van der Waals surface area contributed by atoms with Gasteiger partial charge in [0.25, 0.3) is 10.1 Å². The number of hydrogen-bond acceptors (Lipinski definition) is 14. The molecule has 0 saturated carbocycles. The quantitative estimate of drug-likeness (QED) is 0.0888. The van der Waals surface area contributed by atoms with E-state index in [-0.39, 0.29) is 43.7 Å². The zero-order valence-electron chi connectivity index (χ0n) is 41.4. The molecule has 0 aliphatic carbocycles. The number of nitrogens with zero attached hydrogens (tertiary/aromatic N) is 12. The molecule has 2 saturated heterocycles. The second kappa shape index (κ2) is 20.0. The van der Waals surface area contributed by atoms with E-state index in [4.69, 9.17) is 13.9 Å². The van der Waals surface area contributed by atoms with Crippen molar-refractivity contribution in [2.45, 2.75) is 98.8 Å². The standard InChI is InChI=1S/C30H33F2N7O2.C21H19F2N5O3S/c1-17-26-28(35-18(2)34-17)39(27(36-26)21-9-22(31)12-33-11-21)14-20-7-6-19(8-25(20)32)13-37-15-24-10-23(37)16-38(24)29(40)41-30(3,4)5;1-12-19-21(26-13(2)25-12)28(20(27-19)16-7-17(22)9-24-8-16)10-15-5-4-14(6-18(15)23)11-31-32(3,29)30/h6-9,11-12,23-24H,10,13-16H2,1-5H3;4-9H,10-11H2,1-3H3/t23-,24-;/m0./s1. The highest BCUT2D eigenvalue weighted by molar-refractivity contribution is 7.85. The number of fused-ring (bicyclic) bond motifs is 4. The van der Waals surface area contributed by atoms with Crippen molar-refractivity contribution in [1.82, 2.24) is 58.8 Å². The summed E-state index contributed by atoms with van der Waals surface area (Å²) in [7, 11) is -3.64. The van der Waals surface area contributed by atoms with Crippen molar-refractivity contribution >= 4 is 38.5 Å². The Morgan fingerprint density at radius 1 is 0.658 bits per heavy atom. The van der Waals surface area contributed by atoms with E-state index in [1.165, 1.54) is 36.7 Å². The fourth-order valence-corrected chi connectivity index (χ4v) is 9.57. The number of aryl methyl sites for hydroxylation is 4. The molecule has 2 atom stereocenters. The second-order valence-corrected chi connectivity index (χ2v) is 21.0. The molecule has 8 aromatic rings. The van der Waals surface area contributed by atoms with Gasteiger partial charge in [0.1, 0.15) is 63.2 Å². The number of benzene rings is 2. The summed E-state index contributed by atoms with van der Waals surface area (Å²) < 4.78 is 94.4. The summed E-state index contributed by atoms with van der Waals surface area (Å²) in [6.07, 6.45) is 6.77. The van der Waals surface area contributed by atoms with Crippen molar-refractivity contribution < 1.29 is 39.7 Å². The van der Waals surface area contributed by atoms with Gasteiger partial charge in [0.05, 0.1) is 49.7 Å². The molecule has 0 N–H and O–H groups in total. The topological polar surface area (TPSA) is 189 Å². The van der Waals surface area contributed by atoms with Gasteiger partial charge in [-0.3, -0.25) is 19.1 Å². The molecule has 73 heavy (non-hydrogen) atoms. The number of imidazole rings is 2. The average Bonchev–Trinajstić information content (AvgIpc) is 4.09. The Morgan fingerprint density at radius 2 is 1.16 bits per heavy atom. The van der Waals surface area contributed by atoms with Crippen LogP contribution < -0.4 is 0 Å². The molecule has 0 radical (unpaired) electrons. The minimum absolute atomic E-state index is 0.0529. The van der Waals surface area contributed by atoms with Crippen LogP contribution in [0.4, 0.5) is 22.4 Å². The number of likely N-dealkylation sites (tertiary alicyclic amines) is 2. The number of carbonyl (C=O) groups excluding carboxylic acids is 1. The number of halogens is 4. The number of carbonyl (C=O) groups is 1. The molecule has 10 rings (SSSR count). The summed E-state index contributed by atoms with van der Waals surface area (Å²) in [4.78, 5) is 51.7. The van der Waals surface area contributed by atoms with Crippen molar-refractivity contribution in [2.75, 3.05) is 19.3 Å². The monoisotopic (exact) mass is 1020 g/mol. The Labute approximate surface area is 418 Å². The minimum Gasteiger partial charge on any atom is -0.444 e. The molecule has 380 valence electrons. The van der Waals surface area contributed by atoms with Crippen LogP contribution in [0.5, 0.6) is 0 Å². The average molecular weight is 1020 g/mol. The molecule has 0 spiro atoms. The summed E-state index contributed by atoms with van der Waals surface area (Å²) in [5, 5.41) is 0. The highest BCUT2D eigenvalue weighted by atomic mass is 32.2. The van der Waals surface area contributed by atoms with Crippen LogP contribution in [0.15, 0.2) is 73.3 Å². The van der Waals surface area contributed by atoms with Gasteiger partial charge in [0.2, 0.25) is 0 Å². The van der Waals surface area contributed by atoms with Crippen LogP contribution in [0.25, 0.3) is 45.1 Å². The lowest BCUT2D eigenvalue weighted by Crippen LogP contribution is -2.49. The third-order valence-corrected chi connectivity index (χ3v) is 12.9. The molecule has 2 bridgehead atoms. The Bertz CT molecular complexity index is 3550. The van der Waals surface area contributed by atoms with Crippen LogP contribution >= 0.6 is 0 Å². The van der Waals surface area contributed by atoms with Crippen LogP contribution in [0.2, 0.25) is 0 Å². The summed E-state index contributed by atoms with van der Waals surface area (Å²) >= 11 is 0. The van der Waals surface area contributed by atoms with Gasteiger partial charge in [-0.05, 0) is 90.3 Å². The maximum atomic E-state index is 15.6. The van der Waals surface area contributed by atoms with Gasteiger partial charge in [-0.1, -0.05) is 24.3 Å². The van der Waals surface area contributed by atoms with E-state index in [0.717, 1.165) is 37.2 Å². The Kier molecular flexibility index (Phi) is 13.8. The summed E-state index contributed by atoms with van der Waals surface area (Å²) in [5.41, 5.74) is 5.85. The van der Waals surface area contributed by atoms with Gasteiger partial charge in [-0.2, -0.15) is 8.42 Å². The number of rotatable bonds is 11. The normalized spacial score (nSPS) is 15.9. The molecule has 2 fully saturated rings. The Balaban J connectivity index is 0.000000186. The van der Waals surface area contributed by atoms with Gasteiger partial charge in [0, 0.05) is 66.4 Å². The molecule has 2 aliphatic heterocycles. The third-order valence-electron chi connectivity index (χ3n) is 12.4. The Morgan fingerprint density at radius 3 is 1.62 bits per heavy atom. The van der Waals surface area contributed by atoms with E-state index >= 15 is 4.39 Å². The van der Waals surface area contributed by atoms with Crippen molar-refractivity contribution in [3.05, 3.63) is 142 Å². The van der Waals surface area contributed by atoms with Crippen LogP contribution in [-0.4, -0.2) is 110 Å². The molecule has 6 aromatic heterocycles. The molecule has 17 nitrogen and oxygen atoms in total. The van der Waals surface area contributed by atoms with Gasteiger partial charge in [-0.15, -0.1) is 0 Å². The van der Waals surface area contributed by atoms with Gasteiger partial charge in [-0.25, -0.2) is 52.3 Å². The van der Waals surface area contributed by atoms with Crippen LogP contribution in [0.3, 0.4) is 0 Å². The first-order valence-electron chi connectivity index (χ1n) is 23.3. The smallest absolute Gasteiger partial charge is 0.410 e. The van der Waals surface area contributed by atoms with E-state index in [1.807, 2.05) is 38.7 Å². The van der Waals surface area contributed by atoms with Crippen LogP contribution in [0, 0.1) is 51.0 Å². The fraction of sp³-hybridized carbons (Fsp3) is 0.353. The largest absolute Gasteiger partial charge is 0.444 e. The predicted molar refractivity (Wildman–Crippen MR) is 262 cm³/mol. The third kappa shape index (κ3) is 11.3. The Hall–Kier alpha value is -7.30. The molecule has 0 unspecified atom stereocenters. The highest BCUT2D eigenvalue weighted by Gasteiger charge is 2.46. The van der Waals surface area contributed by atoms with E-state index in [1.54, 1.807) is 48.1 Å². The molecule has 2 aliphatic rings. The van der Waals surface area contributed by atoms with Crippen LogP contribution in [-0.2, 0) is 45.3 Å². The number of piperazine rings is 1. The number of aromatic nitrogens is 10. The van der Waals surface area contributed by atoms with Crippen molar-refractivity contribution in [3.8, 4) is 22.8 Å². The molecule has 8 heterocycles. The van der Waals surface area contributed by atoms with Crippen molar-refractivity contribution in [2.24, 2.45) is 0 Å². The lowest BCUT2D eigenvalue weighted by Gasteiger charge is -2.35. The van der Waals surface area contributed by atoms with E-state index in [9.17, 15) is 26.4 Å². The van der Waals surface area contributed by atoms with E-state index in [0.29, 0.717) is 97.9 Å². The highest BCUT2D eigenvalue weighted by Crippen LogP contribution is 2.34. The number of amides is 1. The first kappa shape index (κ1) is 50.6. The van der Waals surface area contributed by atoms with Crippen molar-refractivity contribution in [3.63, 3.8) is 0 Å².